The lowest BCUT2D eigenvalue weighted by molar-refractivity contribution is 0.341. The molecule has 0 saturated heterocycles. The van der Waals surface area contributed by atoms with E-state index in [9.17, 15) is 4.21 Å². The molecule has 20 heavy (non-hydrogen) atoms. The Kier molecular flexibility index (Phi) is 4.91. The van der Waals surface area contributed by atoms with Crippen molar-refractivity contribution in [2.75, 3.05) is 12.4 Å². The zero-order chi connectivity index (χ0) is 14.4. The minimum Gasteiger partial charge on any atom is -0.491 e. The zero-order valence-corrected chi connectivity index (χ0v) is 12.0. The second-order valence-electron chi connectivity index (χ2n) is 4.32. The number of rotatable bonds is 5. The van der Waals surface area contributed by atoms with Gasteiger partial charge in [0.2, 0.25) is 0 Å². The van der Waals surface area contributed by atoms with Gasteiger partial charge in [0.1, 0.15) is 18.4 Å². The van der Waals surface area contributed by atoms with Crippen LogP contribution in [0.4, 0.5) is 0 Å². The summed E-state index contributed by atoms with van der Waals surface area (Å²) in [6.45, 7) is 2.31. The maximum Gasteiger partial charge on any atom is 0.137 e. The summed E-state index contributed by atoms with van der Waals surface area (Å²) >= 11 is 0. The monoisotopic (exact) mass is 285 g/mol. The highest BCUT2D eigenvalue weighted by Gasteiger charge is 2.06. The summed E-state index contributed by atoms with van der Waals surface area (Å²) in [6.07, 6.45) is 0. The molecule has 0 aliphatic rings. The standard InChI is InChI=1S/C16H15NO2S/c1-13-6-8-15(9-7-13)20(18)11-10-19-16-5-3-2-4-14(16)12-17/h2-9H,10-11H2,1H3. The summed E-state index contributed by atoms with van der Waals surface area (Å²) in [7, 11) is -1.08. The molecule has 0 bridgehead atoms. The van der Waals surface area contributed by atoms with Gasteiger partial charge in [-0.1, -0.05) is 29.8 Å². The SMILES string of the molecule is Cc1ccc(S(=O)CCOc2ccccc2C#N)cc1. The summed E-state index contributed by atoms with van der Waals surface area (Å²) in [6, 6.07) is 16.7. The minimum absolute atomic E-state index is 0.319. The van der Waals surface area contributed by atoms with E-state index in [0.717, 1.165) is 10.5 Å². The summed E-state index contributed by atoms with van der Waals surface area (Å²) in [5.74, 6) is 0.943. The van der Waals surface area contributed by atoms with Crippen molar-refractivity contribution >= 4 is 10.8 Å². The van der Waals surface area contributed by atoms with E-state index in [2.05, 4.69) is 6.07 Å². The summed E-state index contributed by atoms with van der Waals surface area (Å²) in [5.41, 5.74) is 1.64. The second kappa shape index (κ2) is 6.88. The molecule has 0 heterocycles. The normalized spacial score (nSPS) is 11.6. The molecule has 2 rings (SSSR count). The van der Waals surface area contributed by atoms with Gasteiger partial charge in [0.15, 0.2) is 0 Å². The number of hydrogen-bond donors (Lipinski definition) is 0. The Bertz CT molecular complexity index is 644. The van der Waals surface area contributed by atoms with Crippen molar-refractivity contribution in [3.63, 3.8) is 0 Å². The van der Waals surface area contributed by atoms with Crippen molar-refractivity contribution in [2.24, 2.45) is 0 Å². The van der Waals surface area contributed by atoms with Crippen LogP contribution in [0.5, 0.6) is 5.75 Å². The van der Waals surface area contributed by atoms with Crippen LogP contribution in [0.2, 0.25) is 0 Å². The highest BCUT2D eigenvalue weighted by Crippen LogP contribution is 2.16. The average molecular weight is 285 g/mol. The van der Waals surface area contributed by atoms with E-state index in [1.165, 1.54) is 0 Å². The van der Waals surface area contributed by atoms with Gasteiger partial charge in [-0.15, -0.1) is 0 Å². The van der Waals surface area contributed by atoms with E-state index < -0.39 is 10.8 Å². The van der Waals surface area contributed by atoms with Crippen molar-refractivity contribution in [3.05, 3.63) is 59.7 Å². The quantitative estimate of drug-likeness (QED) is 0.848. The first-order chi connectivity index (χ1) is 9.70. The van der Waals surface area contributed by atoms with Crippen LogP contribution in [0, 0.1) is 18.3 Å². The van der Waals surface area contributed by atoms with Crippen molar-refractivity contribution in [2.45, 2.75) is 11.8 Å². The molecule has 0 aliphatic carbocycles. The van der Waals surface area contributed by atoms with E-state index in [0.29, 0.717) is 23.7 Å². The Hall–Kier alpha value is -2.12. The predicted molar refractivity (Wildman–Crippen MR) is 79.1 cm³/mol. The van der Waals surface area contributed by atoms with E-state index in [1.54, 1.807) is 18.2 Å². The topological polar surface area (TPSA) is 50.1 Å². The third-order valence-corrected chi connectivity index (χ3v) is 4.15. The van der Waals surface area contributed by atoms with Crippen LogP contribution >= 0.6 is 0 Å². The number of hydrogen-bond acceptors (Lipinski definition) is 3. The predicted octanol–water partition coefficient (Wildman–Crippen LogP) is 3.05. The molecule has 3 nitrogen and oxygen atoms in total. The maximum atomic E-state index is 12.1. The van der Waals surface area contributed by atoms with Crippen molar-refractivity contribution in [1.29, 1.82) is 5.26 Å². The fourth-order valence-electron chi connectivity index (χ4n) is 1.72. The van der Waals surface area contributed by atoms with E-state index >= 15 is 0 Å². The smallest absolute Gasteiger partial charge is 0.137 e. The number of benzene rings is 2. The molecule has 2 aromatic rings. The summed E-state index contributed by atoms with van der Waals surface area (Å²) in [5, 5.41) is 8.94. The molecular formula is C16H15NO2S. The molecule has 0 amide bonds. The number of nitrogens with zero attached hydrogens (tertiary/aromatic N) is 1. The van der Waals surface area contributed by atoms with Gasteiger partial charge in [-0.2, -0.15) is 5.26 Å². The highest BCUT2D eigenvalue weighted by molar-refractivity contribution is 7.85. The lowest BCUT2D eigenvalue weighted by Crippen LogP contribution is -2.09. The summed E-state index contributed by atoms with van der Waals surface area (Å²) < 4.78 is 17.6. The number of nitriles is 1. The maximum absolute atomic E-state index is 12.1. The second-order valence-corrected chi connectivity index (χ2v) is 5.89. The third-order valence-electron chi connectivity index (χ3n) is 2.82. The van der Waals surface area contributed by atoms with Crippen LogP contribution in [0.25, 0.3) is 0 Å². The Morgan fingerprint density at radius 2 is 1.85 bits per heavy atom. The fourth-order valence-corrected chi connectivity index (χ4v) is 2.63. The van der Waals surface area contributed by atoms with Gasteiger partial charge >= 0.3 is 0 Å². The Morgan fingerprint density at radius 1 is 1.15 bits per heavy atom. The largest absolute Gasteiger partial charge is 0.491 e. The van der Waals surface area contributed by atoms with Crippen LogP contribution in [0.1, 0.15) is 11.1 Å². The molecule has 0 radical (unpaired) electrons. The van der Waals surface area contributed by atoms with Gasteiger partial charge in [0, 0.05) is 4.90 Å². The van der Waals surface area contributed by atoms with Gasteiger partial charge < -0.3 is 4.74 Å². The van der Waals surface area contributed by atoms with E-state index in [-0.39, 0.29) is 0 Å². The molecule has 0 spiro atoms. The molecule has 2 aromatic carbocycles. The van der Waals surface area contributed by atoms with E-state index in [4.69, 9.17) is 10.00 Å². The van der Waals surface area contributed by atoms with Crippen LogP contribution in [0.3, 0.4) is 0 Å². The zero-order valence-electron chi connectivity index (χ0n) is 11.2. The first kappa shape index (κ1) is 14.3. The lowest BCUT2D eigenvalue weighted by atomic mass is 10.2. The molecule has 102 valence electrons. The lowest BCUT2D eigenvalue weighted by Gasteiger charge is -2.07. The number of para-hydroxylation sites is 1. The molecule has 1 atom stereocenters. The molecular weight excluding hydrogens is 270 g/mol. The van der Waals surface area contributed by atoms with Crippen LogP contribution < -0.4 is 4.74 Å². The van der Waals surface area contributed by atoms with Gasteiger partial charge in [0.05, 0.1) is 22.1 Å². The molecule has 0 aliphatic heterocycles. The van der Waals surface area contributed by atoms with Crippen LogP contribution in [-0.4, -0.2) is 16.6 Å². The number of aryl methyl sites for hydroxylation is 1. The molecule has 1 unspecified atom stereocenters. The third kappa shape index (κ3) is 3.69. The molecule has 4 heteroatoms. The van der Waals surface area contributed by atoms with Crippen LogP contribution in [-0.2, 0) is 10.8 Å². The van der Waals surface area contributed by atoms with E-state index in [1.807, 2.05) is 37.3 Å². The van der Waals surface area contributed by atoms with Gasteiger partial charge in [-0.25, -0.2) is 0 Å². The minimum atomic E-state index is -1.08. The van der Waals surface area contributed by atoms with Crippen molar-refractivity contribution in [1.82, 2.24) is 0 Å². The molecule has 0 saturated carbocycles. The highest BCUT2D eigenvalue weighted by atomic mass is 32.2. The van der Waals surface area contributed by atoms with Crippen molar-refractivity contribution in [3.8, 4) is 11.8 Å². The van der Waals surface area contributed by atoms with Gasteiger partial charge in [-0.3, -0.25) is 4.21 Å². The Morgan fingerprint density at radius 3 is 2.55 bits per heavy atom. The molecule has 0 aromatic heterocycles. The van der Waals surface area contributed by atoms with Gasteiger partial charge in [0.25, 0.3) is 0 Å². The fraction of sp³-hybridized carbons (Fsp3) is 0.188. The Labute approximate surface area is 121 Å². The molecule has 0 fully saturated rings. The first-order valence-electron chi connectivity index (χ1n) is 6.27. The summed E-state index contributed by atoms with van der Waals surface area (Å²) in [4.78, 5) is 0.799. The number of ether oxygens (including phenoxy) is 1. The van der Waals surface area contributed by atoms with Gasteiger partial charge in [-0.05, 0) is 31.2 Å². The average Bonchev–Trinajstić information content (AvgIpc) is 2.48. The van der Waals surface area contributed by atoms with Crippen molar-refractivity contribution < 1.29 is 8.95 Å². The molecule has 0 N–H and O–H groups in total. The first-order valence-corrected chi connectivity index (χ1v) is 7.59. The van der Waals surface area contributed by atoms with Crippen LogP contribution in [0.15, 0.2) is 53.4 Å². The Balaban J connectivity index is 1.91.